The third-order valence-electron chi connectivity index (χ3n) is 11.3. The molecule has 4 aliphatic rings. The van der Waals surface area contributed by atoms with E-state index in [0.29, 0.717) is 36.9 Å². The van der Waals surface area contributed by atoms with Gasteiger partial charge in [0.05, 0.1) is 36.4 Å². The fraction of sp³-hybridized carbons (Fsp3) is 0.743. The van der Waals surface area contributed by atoms with Gasteiger partial charge in [-0.05, 0) is 51.6 Å². The van der Waals surface area contributed by atoms with Gasteiger partial charge in [0, 0.05) is 32.6 Å². The number of nitrogens with two attached hydrogens (primary N) is 1. The third-order valence-corrected chi connectivity index (χ3v) is 12.9. The topological polar surface area (TPSA) is 308 Å². The van der Waals surface area contributed by atoms with Crippen molar-refractivity contribution in [2.45, 2.75) is 126 Å². The zero-order valence-corrected chi connectivity index (χ0v) is 33.3. The first kappa shape index (κ1) is 44.1. The van der Waals surface area contributed by atoms with E-state index in [2.05, 4.69) is 14.7 Å². The smallest absolute Gasteiger partial charge is 0.303 e. The molecule has 23 heteroatoms. The number of nitrogens with zero attached hydrogens (tertiary/aromatic N) is 5. The van der Waals surface area contributed by atoms with Crippen LogP contribution in [0, 0.1) is 5.92 Å². The molecule has 324 valence electrons. The van der Waals surface area contributed by atoms with Crippen molar-refractivity contribution in [1.82, 2.24) is 24.2 Å². The normalized spacial score (nSPS) is 35.1. The Kier molecular flexibility index (Phi) is 13.7. The van der Waals surface area contributed by atoms with E-state index in [4.69, 9.17) is 29.4 Å². The van der Waals surface area contributed by atoms with Crippen LogP contribution < -0.4 is 15.4 Å². The Balaban J connectivity index is 1.29. The Labute approximate surface area is 334 Å². The molecule has 2 aromatic rings. The monoisotopic (exact) mass is 843 g/mol. The number of carbonyl (C=O) groups is 3. The van der Waals surface area contributed by atoms with Gasteiger partial charge < -0.3 is 64.8 Å². The van der Waals surface area contributed by atoms with Crippen molar-refractivity contribution in [2.75, 3.05) is 37.9 Å². The van der Waals surface area contributed by atoms with Gasteiger partial charge >= 0.3 is 5.97 Å². The lowest BCUT2D eigenvalue weighted by Crippen LogP contribution is -2.64. The first-order chi connectivity index (χ1) is 27.4. The Bertz CT molecular complexity index is 1900. The van der Waals surface area contributed by atoms with E-state index in [1.807, 2.05) is 11.9 Å². The largest absolute Gasteiger partial charge is 0.455 e. The van der Waals surface area contributed by atoms with Gasteiger partial charge in [0.25, 0.3) is 11.8 Å². The first-order valence-corrected chi connectivity index (χ1v) is 20.8. The van der Waals surface area contributed by atoms with Gasteiger partial charge in [0.1, 0.15) is 48.7 Å². The highest BCUT2D eigenvalue weighted by molar-refractivity contribution is 7.89. The molecule has 2 unspecified atom stereocenters. The second-order valence-corrected chi connectivity index (χ2v) is 17.3. The van der Waals surface area contributed by atoms with Gasteiger partial charge in [-0.3, -0.25) is 19.0 Å². The summed E-state index contributed by atoms with van der Waals surface area (Å²) in [6.07, 6.45) is -10.6. The molecular weight excluding hydrogens is 790 g/mol. The van der Waals surface area contributed by atoms with Crippen LogP contribution >= 0.6 is 0 Å². The van der Waals surface area contributed by atoms with Crippen molar-refractivity contribution in [1.29, 1.82) is 0 Å². The number of aliphatic hydroxyl groups is 5. The summed E-state index contributed by atoms with van der Waals surface area (Å²) in [5.41, 5.74) is 6.37. The van der Waals surface area contributed by atoms with Crippen molar-refractivity contribution in [2.24, 2.45) is 11.7 Å². The van der Waals surface area contributed by atoms with Crippen molar-refractivity contribution in [3.05, 3.63) is 18.6 Å². The fourth-order valence-electron chi connectivity index (χ4n) is 8.09. The molecule has 4 fully saturated rings. The van der Waals surface area contributed by atoms with Crippen LogP contribution in [0.4, 0.5) is 5.82 Å². The molecule has 5 heterocycles. The first-order valence-electron chi connectivity index (χ1n) is 19.1. The fourth-order valence-corrected chi connectivity index (χ4v) is 9.21. The number of nitrogens with one attached hydrogen (secondary N) is 1. The third kappa shape index (κ3) is 9.29. The summed E-state index contributed by atoms with van der Waals surface area (Å²) < 4.78 is 56.5. The molecule has 1 amide bonds. The van der Waals surface area contributed by atoms with E-state index in [1.165, 1.54) is 38.0 Å². The Morgan fingerprint density at radius 1 is 1.05 bits per heavy atom. The Morgan fingerprint density at radius 3 is 2.40 bits per heavy atom. The maximum Gasteiger partial charge on any atom is 0.303 e. The number of anilines is 1. The summed E-state index contributed by atoms with van der Waals surface area (Å²) in [5.74, 6) is -1.59. The van der Waals surface area contributed by atoms with Crippen LogP contribution in [0.5, 0.6) is 0 Å². The number of hydrogen-bond donors (Lipinski definition) is 7. The molecule has 0 aromatic carbocycles. The molecule has 1 aliphatic carbocycles. The minimum Gasteiger partial charge on any atom is -0.455 e. The SMILES string of the molecule is CNS(=O)(=O)CC1CCC(N(C)c2ncnc3c2ccn3C(=O)C2C[C@H](OC3OC[C@@H](N)[C@@H]3OC(C)=O)[C@H](O[C@@H]3O[C@H](O)[C@H](O)[C@@H](O)[C@@H]3O)CN2C(=O)[C@@H](C)O)CC1. The lowest BCUT2D eigenvalue weighted by molar-refractivity contribution is -0.357. The van der Waals surface area contributed by atoms with E-state index in [1.54, 1.807) is 6.07 Å². The molecule has 12 atom stereocenters. The molecule has 0 spiro atoms. The number of aliphatic hydroxyl groups excluding tert-OH is 5. The summed E-state index contributed by atoms with van der Waals surface area (Å²) in [7, 11) is -0.0788. The van der Waals surface area contributed by atoms with Gasteiger partial charge in [-0.1, -0.05) is 0 Å². The number of fused-ring (bicyclic) bond motifs is 1. The lowest BCUT2D eigenvalue weighted by Gasteiger charge is -2.46. The predicted octanol–water partition coefficient (Wildman–Crippen LogP) is -3.26. The zero-order valence-electron chi connectivity index (χ0n) is 32.5. The van der Waals surface area contributed by atoms with Crippen molar-refractivity contribution in [3.63, 3.8) is 0 Å². The maximum atomic E-state index is 14.7. The molecule has 58 heavy (non-hydrogen) atoms. The number of sulfonamides is 1. The molecule has 2 aromatic heterocycles. The number of hydrogen-bond acceptors (Lipinski definition) is 19. The summed E-state index contributed by atoms with van der Waals surface area (Å²) >= 11 is 0. The van der Waals surface area contributed by atoms with E-state index >= 15 is 0 Å². The summed E-state index contributed by atoms with van der Waals surface area (Å²) in [5, 5.41) is 52.3. The van der Waals surface area contributed by atoms with Crippen molar-refractivity contribution < 1.29 is 72.0 Å². The van der Waals surface area contributed by atoms with Crippen LogP contribution in [0.25, 0.3) is 11.0 Å². The van der Waals surface area contributed by atoms with E-state index in [9.17, 15) is 48.3 Å². The van der Waals surface area contributed by atoms with Gasteiger partial charge in [-0.2, -0.15) is 0 Å². The number of rotatable bonds is 12. The van der Waals surface area contributed by atoms with E-state index in [-0.39, 0.29) is 36.4 Å². The van der Waals surface area contributed by atoms with Gasteiger partial charge in [-0.25, -0.2) is 23.1 Å². The predicted molar refractivity (Wildman–Crippen MR) is 199 cm³/mol. The molecule has 6 rings (SSSR count). The lowest BCUT2D eigenvalue weighted by atomic mass is 9.86. The number of esters is 1. The highest BCUT2D eigenvalue weighted by atomic mass is 32.2. The summed E-state index contributed by atoms with van der Waals surface area (Å²) in [6.45, 7) is 1.86. The molecular formula is C35H53N7O15S. The minimum atomic E-state index is -3.35. The van der Waals surface area contributed by atoms with Crippen molar-refractivity contribution >= 4 is 44.7 Å². The number of ether oxygens (including phenoxy) is 5. The average Bonchev–Trinajstić information content (AvgIpc) is 3.78. The summed E-state index contributed by atoms with van der Waals surface area (Å²) in [6, 6.07) is -0.448. The maximum absolute atomic E-state index is 14.7. The molecule has 8 N–H and O–H groups in total. The van der Waals surface area contributed by atoms with Crippen LogP contribution in [-0.2, 0) is 43.3 Å². The van der Waals surface area contributed by atoms with Gasteiger partial charge in [0.2, 0.25) is 10.0 Å². The number of carbonyl (C=O) groups excluding carboxylic acids is 3. The van der Waals surface area contributed by atoms with E-state index in [0.717, 1.165) is 4.90 Å². The van der Waals surface area contributed by atoms with Crippen LogP contribution in [0.3, 0.4) is 0 Å². The van der Waals surface area contributed by atoms with Crippen LogP contribution in [0.2, 0.25) is 0 Å². The molecule has 3 saturated heterocycles. The van der Waals surface area contributed by atoms with E-state index < -0.39 is 108 Å². The number of likely N-dealkylation sites (tertiary alicyclic amines) is 1. The van der Waals surface area contributed by atoms with Crippen LogP contribution in [0.15, 0.2) is 18.6 Å². The molecule has 1 saturated carbocycles. The minimum absolute atomic E-state index is 0.0164. The van der Waals surface area contributed by atoms with Gasteiger partial charge in [0.15, 0.2) is 30.6 Å². The van der Waals surface area contributed by atoms with Gasteiger partial charge in [-0.15, -0.1) is 0 Å². The Morgan fingerprint density at radius 2 is 1.74 bits per heavy atom. The molecule has 22 nitrogen and oxygen atoms in total. The quantitative estimate of drug-likeness (QED) is 0.103. The molecule has 3 aliphatic heterocycles. The van der Waals surface area contributed by atoms with Crippen LogP contribution in [0.1, 0.15) is 50.7 Å². The standard InChI is InChI=1S/C35H53N7O15S/c1-16(43)31(48)42-12-24(56-34-27(47)25(45)26(46)33(50)57-34)23(55-35-28(54-17(2)44)21(36)13-53-35)11-22(42)32(49)41-10-9-20-29(38-15-39-30(20)41)40(4)19-7-5-18(6-8-19)14-58(51,52)37-3/h9-10,15-16,18-19,21-28,33-35,37,43,45-47,50H,5-8,11-14,36H2,1-4H3/t16-,18?,19?,21-,22?,23+,24-,25-,26-,27+,28+,33+,34-,35?/m1/s1. The second kappa shape index (κ2) is 18.0. The molecule has 0 bridgehead atoms. The Hall–Kier alpha value is -3.46. The number of aromatic nitrogens is 3. The number of amides is 1. The highest BCUT2D eigenvalue weighted by Crippen LogP contribution is 2.35. The van der Waals surface area contributed by atoms with Crippen LogP contribution in [-0.4, -0.2) is 184 Å². The zero-order chi connectivity index (χ0) is 42.2. The number of piperidine rings is 1. The highest BCUT2D eigenvalue weighted by Gasteiger charge is 2.51. The average molecular weight is 844 g/mol. The second-order valence-electron chi connectivity index (χ2n) is 15.3. The summed E-state index contributed by atoms with van der Waals surface area (Å²) in [4.78, 5) is 52.3. The molecule has 0 radical (unpaired) electrons. The van der Waals surface area contributed by atoms with Crippen molar-refractivity contribution in [3.8, 4) is 0 Å².